The summed E-state index contributed by atoms with van der Waals surface area (Å²) in [5, 5.41) is 1.04. The topological polar surface area (TPSA) is 9.23 Å². The van der Waals surface area contributed by atoms with Gasteiger partial charge in [0.15, 0.2) is 0 Å². The standard InChI is InChI=1S/C13H17BrO/c1-11-2-4-12(5-3-11)8-13(9-14)6-7-15-10-13/h2-5H,6-10H2,1H3. The van der Waals surface area contributed by atoms with Gasteiger partial charge in [-0.1, -0.05) is 45.8 Å². The quantitative estimate of drug-likeness (QED) is 0.765. The number of halogens is 1. The maximum Gasteiger partial charge on any atom is 0.0534 e. The lowest BCUT2D eigenvalue weighted by Crippen LogP contribution is -2.25. The second-order valence-electron chi connectivity index (χ2n) is 4.60. The number of hydrogen-bond acceptors (Lipinski definition) is 1. The van der Waals surface area contributed by atoms with Crippen LogP contribution >= 0.6 is 15.9 Å². The lowest BCUT2D eigenvalue weighted by molar-refractivity contribution is 0.162. The number of benzene rings is 1. The molecule has 0 bridgehead atoms. The van der Waals surface area contributed by atoms with Crippen LogP contribution in [0.15, 0.2) is 24.3 Å². The summed E-state index contributed by atoms with van der Waals surface area (Å²) in [4.78, 5) is 0. The van der Waals surface area contributed by atoms with Gasteiger partial charge in [0.05, 0.1) is 6.61 Å². The van der Waals surface area contributed by atoms with E-state index in [4.69, 9.17) is 4.74 Å². The molecule has 0 spiro atoms. The highest BCUT2D eigenvalue weighted by Gasteiger charge is 2.33. The Morgan fingerprint density at radius 1 is 1.33 bits per heavy atom. The van der Waals surface area contributed by atoms with Gasteiger partial charge in [-0.3, -0.25) is 0 Å². The van der Waals surface area contributed by atoms with Crippen molar-refractivity contribution in [3.05, 3.63) is 35.4 Å². The third-order valence-corrected chi connectivity index (χ3v) is 4.36. The van der Waals surface area contributed by atoms with Gasteiger partial charge in [-0.2, -0.15) is 0 Å². The molecule has 2 rings (SSSR count). The van der Waals surface area contributed by atoms with E-state index in [2.05, 4.69) is 47.1 Å². The molecule has 2 heteroatoms. The first kappa shape index (κ1) is 11.2. The summed E-state index contributed by atoms with van der Waals surface area (Å²) in [6.07, 6.45) is 2.30. The molecule has 0 N–H and O–H groups in total. The van der Waals surface area contributed by atoms with E-state index in [1.165, 1.54) is 17.5 Å². The second kappa shape index (κ2) is 4.67. The SMILES string of the molecule is Cc1ccc(CC2(CBr)CCOC2)cc1. The molecular weight excluding hydrogens is 252 g/mol. The average molecular weight is 269 g/mol. The Hall–Kier alpha value is -0.340. The highest BCUT2D eigenvalue weighted by atomic mass is 79.9. The molecule has 1 aromatic rings. The summed E-state index contributed by atoms with van der Waals surface area (Å²) in [6.45, 7) is 3.94. The number of alkyl halides is 1. The van der Waals surface area contributed by atoms with Crippen molar-refractivity contribution >= 4 is 15.9 Å². The van der Waals surface area contributed by atoms with Crippen molar-refractivity contribution in [1.82, 2.24) is 0 Å². The van der Waals surface area contributed by atoms with Crippen molar-refractivity contribution < 1.29 is 4.74 Å². The van der Waals surface area contributed by atoms with Gasteiger partial charge < -0.3 is 4.74 Å². The van der Waals surface area contributed by atoms with E-state index < -0.39 is 0 Å². The summed E-state index contributed by atoms with van der Waals surface area (Å²) < 4.78 is 5.52. The maximum atomic E-state index is 5.52. The number of hydrogen-bond donors (Lipinski definition) is 0. The van der Waals surface area contributed by atoms with Gasteiger partial charge in [-0.15, -0.1) is 0 Å². The van der Waals surface area contributed by atoms with Crippen LogP contribution in [0.3, 0.4) is 0 Å². The van der Waals surface area contributed by atoms with Gasteiger partial charge in [-0.05, 0) is 25.3 Å². The highest BCUT2D eigenvalue weighted by Crippen LogP contribution is 2.34. The highest BCUT2D eigenvalue weighted by molar-refractivity contribution is 9.09. The molecule has 1 saturated heterocycles. The van der Waals surface area contributed by atoms with Gasteiger partial charge in [0, 0.05) is 17.4 Å². The molecule has 15 heavy (non-hydrogen) atoms. The first-order valence-corrected chi connectivity index (χ1v) is 6.56. The van der Waals surface area contributed by atoms with E-state index in [1.807, 2.05) is 0 Å². The molecule has 1 aliphatic rings. The monoisotopic (exact) mass is 268 g/mol. The number of rotatable bonds is 3. The largest absolute Gasteiger partial charge is 0.381 e. The Morgan fingerprint density at radius 2 is 2.07 bits per heavy atom. The molecule has 1 aromatic carbocycles. The lowest BCUT2D eigenvalue weighted by Gasteiger charge is -2.24. The molecule has 1 aliphatic heterocycles. The lowest BCUT2D eigenvalue weighted by atomic mass is 9.83. The Balaban J connectivity index is 2.09. The predicted molar refractivity (Wildman–Crippen MR) is 66.5 cm³/mol. The van der Waals surface area contributed by atoms with Crippen molar-refractivity contribution in [2.45, 2.75) is 19.8 Å². The van der Waals surface area contributed by atoms with Crippen LogP contribution in [0.4, 0.5) is 0 Å². The first-order valence-electron chi connectivity index (χ1n) is 5.43. The molecule has 1 heterocycles. The summed E-state index contributed by atoms with van der Waals surface area (Å²) in [7, 11) is 0. The van der Waals surface area contributed by atoms with Crippen LogP contribution in [0, 0.1) is 12.3 Å². The zero-order valence-corrected chi connectivity index (χ0v) is 10.7. The van der Waals surface area contributed by atoms with Crippen LogP contribution in [0.25, 0.3) is 0 Å². The fraction of sp³-hybridized carbons (Fsp3) is 0.538. The molecule has 0 amide bonds. The normalized spacial score (nSPS) is 25.7. The fourth-order valence-electron chi connectivity index (χ4n) is 2.08. The zero-order valence-electron chi connectivity index (χ0n) is 9.13. The Kier molecular flexibility index (Phi) is 3.47. The van der Waals surface area contributed by atoms with Crippen molar-refractivity contribution in [2.24, 2.45) is 5.41 Å². The van der Waals surface area contributed by atoms with E-state index in [0.29, 0.717) is 5.41 Å². The number of aryl methyl sites for hydroxylation is 1. The summed E-state index contributed by atoms with van der Waals surface area (Å²) >= 11 is 3.63. The van der Waals surface area contributed by atoms with Gasteiger partial charge in [0.2, 0.25) is 0 Å². The van der Waals surface area contributed by atoms with E-state index in [-0.39, 0.29) is 0 Å². The summed E-state index contributed by atoms with van der Waals surface area (Å²) in [5.74, 6) is 0. The van der Waals surface area contributed by atoms with Gasteiger partial charge in [-0.25, -0.2) is 0 Å². The predicted octanol–water partition coefficient (Wildman–Crippen LogP) is 3.34. The Morgan fingerprint density at radius 3 is 2.60 bits per heavy atom. The summed E-state index contributed by atoms with van der Waals surface area (Å²) in [5.41, 5.74) is 3.08. The van der Waals surface area contributed by atoms with Gasteiger partial charge >= 0.3 is 0 Å². The van der Waals surface area contributed by atoms with Crippen LogP contribution in [-0.4, -0.2) is 18.5 Å². The molecule has 0 aromatic heterocycles. The maximum absolute atomic E-state index is 5.52. The summed E-state index contributed by atoms with van der Waals surface area (Å²) in [6, 6.07) is 8.84. The molecule has 1 fully saturated rings. The van der Waals surface area contributed by atoms with Crippen molar-refractivity contribution in [2.75, 3.05) is 18.5 Å². The zero-order chi connectivity index (χ0) is 10.7. The van der Waals surface area contributed by atoms with Crippen LogP contribution in [-0.2, 0) is 11.2 Å². The third kappa shape index (κ3) is 2.61. The van der Waals surface area contributed by atoms with Crippen LogP contribution in [0.1, 0.15) is 17.5 Å². The van der Waals surface area contributed by atoms with Crippen LogP contribution < -0.4 is 0 Å². The average Bonchev–Trinajstić information content (AvgIpc) is 2.71. The van der Waals surface area contributed by atoms with E-state index in [0.717, 1.165) is 25.0 Å². The smallest absolute Gasteiger partial charge is 0.0534 e. The number of ether oxygens (including phenoxy) is 1. The van der Waals surface area contributed by atoms with Gasteiger partial charge in [0.25, 0.3) is 0 Å². The van der Waals surface area contributed by atoms with Gasteiger partial charge in [0.1, 0.15) is 0 Å². The minimum atomic E-state index is 0.329. The molecule has 0 saturated carbocycles. The molecule has 1 nitrogen and oxygen atoms in total. The van der Waals surface area contributed by atoms with E-state index in [1.54, 1.807) is 0 Å². The van der Waals surface area contributed by atoms with E-state index >= 15 is 0 Å². The minimum absolute atomic E-state index is 0.329. The molecule has 0 radical (unpaired) electrons. The molecule has 82 valence electrons. The Bertz CT molecular complexity index is 312. The van der Waals surface area contributed by atoms with Crippen molar-refractivity contribution in [1.29, 1.82) is 0 Å². The first-order chi connectivity index (χ1) is 7.24. The Labute approximate surface area is 100.0 Å². The molecule has 1 atom stereocenters. The van der Waals surface area contributed by atoms with Crippen molar-refractivity contribution in [3.8, 4) is 0 Å². The van der Waals surface area contributed by atoms with Crippen LogP contribution in [0.2, 0.25) is 0 Å². The molecule has 0 aliphatic carbocycles. The molecule has 1 unspecified atom stereocenters. The minimum Gasteiger partial charge on any atom is -0.381 e. The van der Waals surface area contributed by atoms with Crippen LogP contribution in [0.5, 0.6) is 0 Å². The second-order valence-corrected chi connectivity index (χ2v) is 5.16. The van der Waals surface area contributed by atoms with Crippen molar-refractivity contribution in [3.63, 3.8) is 0 Å². The fourth-order valence-corrected chi connectivity index (χ4v) is 2.72. The van der Waals surface area contributed by atoms with E-state index in [9.17, 15) is 0 Å². The molecular formula is C13H17BrO. The third-order valence-electron chi connectivity index (χ3n) is 3.17.